The minimum atomic E-state index is -0.0732. The van der Waals surface area contributed by atoms with Crippen LogP contribution in [0, 0.1) is 0 Å². The van der Waals surface area contributed by atoms with E-state index in [0.29, 0.717) is 13.1 Å². The van der Waals surface area contributed by atoms with Gasteiger partial charge in [0.2, 0.25) is 11.8 Å². The predicted octanol–water partition coefficient (Wildman–Crippen LogP) is 1.96. The second kappa shape index (κ2) is 7.94. The molecule has 0 spiro atoms. The molecule has 2 N–H and O–H groups in total. The lowest BCUT2D eigenvalue weighted by molar-refractivity contribution is -0.127. The summed E-state index contributed by atoms with van der Waals surface area (Å²) in [5.41, 5.74) is 3.39. The number of nitrogens with zero attached hydrogens (tertiary/aromatic N) is 1. The smallest absolute Gasteiger partial charge is 0.234 e. The van der Waals surface area contributed by atoms with Crippen molar-refractivity contribution in [2.45, 2.75) is 13.0 Å². The van der Waals surface area contributed by atoms with Crippen LogP contribution in [0.15, 0.2) is 54.6 Å². The molecule has 1 unspecified atom stereocenters. The van der Waals surface area contributed by atoms with Crippen molar-refractivity contribution in [3.63, 3.8) is 0 Å². The van der Waals surface area contributed by atoms with Gasteiger partial charge in [-0.05, 0) is 23.6 Å². The topological polar surface area (TPSA) is 61.4 Å². The van der Waals surface area contributed by atoms with Crippen LogP contribution >= 0.6 is 0 Å². The largest absolute Gasteiger partial charge is 0.354 e. The minimum absolute atomic E-state index is 0.0244. The van der Waals surface area contributed by atoms with E-state index in [2.05, 4.69) is 34.9 Å². The van der Waals surface area contributed by atoms with Crippen LogP contribution in [0.4, 0.5) is 0 Å². The van der Waals surface area contributed by atoms with Gasteiger partial charge in [0.15, 0.2) is 0 Å². The number of amides is 2. The minimum Gasteiger partial charge on any atom is -0.354 e. The molecule has 1 heterocycles. The van der Waals surface area contributed by atoms with Crippen LogP contribution in [0.2, 0.25) is 0 Å². The first kappa shape index (κ1) is 17.2. The van der Waals surface area contributed by atoms with Gasteiger partial charge in [-0.3, -0.25) is 14.5 Å². The fourth-order valence-corrected chi connectivity index (χ4v) is 2.99. The Bertz CT molecular complexity index is 728. The highest BCUT2D eigenvalue weighted by molar-refractivity contribution is 5.82. The van der Waals surface area contributed by atoms with Gasteiger partial charge < -0.3 is 10.6 Å². The molecule has 1 aliphatic rings. The molecule has 0 saturated carbocycles. The Balaban J connectivity index is 1.56. The summed E-state index contributed by atoms with van der Waals surface area (Å²) in [6.45, 7) is 3.81. The molecule has 0 aliphatic carbocycles. The summed E-state index contributed by atoms with van der Waals surface area (Å²) in [6.07, 6.45) is 0. The number of benzene rings is 2. The number of carbonyl (C=O) groups is 2. The van der Waals surface area contributed by atoms with Crippen molar-refractivity contribution in [3.05, 3.63) is 60.2 Å². The monoisotopic (exact) mass is 337 g/mol. The van der Waals surface area contributed by atoms with E-state index in [1.54, 1.807) is 0 Å². The summed E-state index contributed by atoms with van der Waals surface area (Å²) < 4.78 is 0. The summed E-state index contributed by atoms with van der Waals surface area (Å²) in [4.78, 5) is 25.4. The van der Waals surface area contributed by atoms with Crippen molar-refractivity contribution < 1.29 is 9.59 Å². The molecule has 3 rings (SSSR count). The first-order valence-corrected chi connectivity index (χ1v) is 8.55. The van der Waals surface area contributed by atoms with E-state index in [0.717, 1.165) is 11.1 Å². The molecule has 0 radical (unpaired) electrons. The average molecular weight is 337 g/mol. The fourth-order valence-electron chi connectivity index (χ4n) is 2.99. The van der Waals surface area contributed by atoms with Gasteiger partial charge in [0.25, 0.3) is 0 Å². The van der Waals surface area contributed by atoms with Gasteiger partial charge in [-0.25, -0.2) is 0 Å². The van der Waals surface area contributed by atoms with Crippen molar-refractivity contribution in [1.29, 1.82) is 0 Å². The summed E-state index contributed by atoms with van der Waals surface area (Å²) in [6, 6.07) is 18.4. The van der Waals surface area contributed by atoms with Crippen LogP contribution < -0.4 is 10.6 Å². The summed E-state index contributed by atoms with van der Waals surface area (Å²) in [7, 11) is 0. The van der Waals surface area contributed by atoms with Crippen molar-refractivity contribution in [2.24, 2.45) is 0 Å². The lowest BCUT2D eigenvalue weighted by atomic mass is 10.0. The molecule has 1 atom stereocenters. The second-order valence-electron chi connectivity index (χ2n) is 6.34. The maximum absolute atomic E-state index is 12.2. The Hall–Kier alpha value is -2.66. The number of hydrogen-bond donors (Lipinski definition) is 2. The Morgan fingerprint density at radius 3 is 2.48 bits per heavy atom. The molecule has 2 aromatic rings. The standard InChI is InChI=1S/C20H23N3O2/c1-15(22-20(25)14-23-12-11-21-19(24)13-23)16-7-9-18(10-8-16)17-5-3-2-4-6-17/h2-10,15H,11-14H2,1H3,(H,21,24)(H,22,25). The normalized spacial score (nSPS) is 16.1. The first-order chi connectivity index (χ1) is 12.1. The molecular weight excluding hydrogens is 314 g/mol. The molecule has 2 aromatic carbocycles. The molecule has 130 valence electrons. The highest BCUT2D eigenvalue weighted by atomic mass is 16.2. The predicted molar refractivity (Wildman–Crippen MR) is 97.9 cm³/mol. The second-order valence-corrected chi connectivity index (χ2v) is 6.34. The lowest BCUT2D eigenvalue weighted by Crippen LogP contribution is -2.50. The van der Waals surface area contributed by atoms with Crippen molar-refractivity contribution in [1.82, 2.24) is 15.5 Å². The number of piperazine rings is 1. The molecule has 0 aromatic heterocycles. The van der Waals surface area contributed by atoms with Crippen LogP contribution in [-0.4, -0.2) is 42.9 Å². The van der Waals surface area contributed by atoms with E-state index in [1.165, 1.54) is 5.56 Å². The van der Waals surface area contributed by atoms with Crippen LogP contribution in [-0.2, 0) is 9.59 Å². The Kier molecular flexibility index (Phi) is 5.46. The van der Waals surface area contributed by atoms with E-state index < -0.39 is 0 Å². The van der Waals surface area contributed by atoms with Gasteiger partial charge >= 0.3 is 0 Å². The fraction of sp³-hybridized carbons (Fsp3) is 0.300. The van der Waals surface area contributed by atoms with E-state index >= 15 is 0 Å². The van der Waals surface area contributed by atoms with Crippen molar-refractivity contribution >= 4 is 11.8 Å². The van der Waals surface area contributed by atoms with Crippen LogP contribution in [0.25, 0.3) is 11.1 Å². The third kappa shape index (κ3) is 4.67. The highest BCUT2D eigenvalue weighted by Gasteiger charge is 2.19. The number of hydrogen-bond acceptors (Lipinski definition) is 3. The van der Waals surface area contributed by atoms with Crippen molar-refractivity contribution in [2.75, 3.05) is 26.2 Å². The van der Waals surface area contributed by atoms with Crippen LogP contribution in [0.5, 0.6) is 0 Å². The number of rotatable bonds is 5. The molecule has 0 bridgehead atoms. The summed E-state index contributed by atoms with van der Waals surface area (Å²) in [5.74, 6) is -0.0852. The lowest BCUT2D eigenvalue weighted by Gasteiger charge is -2.26. The van der Waals surface area contributed by atoms with Gasteiger partial charge in [0.05, 0.1) is 19.1 Å². The molecule has 1 aliphatic heterocycles. The van der Waals surface area contributed by atoms with Gasteiger partial charge in [0, 0.05) is 13.1 Å². The average Bonchev–Trinajstić information content (AvgIpc) is 2.62. The Labute approximate surface area is 148 Å². The third-order valence-electron chi connectivity index (χ3n) is 4.38. The summed E-state index contributed by atoms with van der Waals surface area (Å²) in [5, 5.41) is 5.76. The van der Waals surface area contributed by atoms with Gasteiger partial charge in [-0.1, -0.05) is 54.6 Å². The maximum atomic E-state index is 12.2. The Morgan fingerprint density at radius 2 is 1.80 bits per heavy atom. The number of carbonyl (C=O) groups excluding carboxylic acids is 2. The van der Waals surface area contributed by atoms with E-state index in [1.807, 2.05) is 42.2 Å². The molecule has 2 amide bonds. The summed E-state index contributed by atoms with van der Waals surface area (Å²) >= 11 is 0. The van der Waals surface area contributed by atoms with Crippen molar-refractivity contribution in [3.8, 4) is 11.1 Å². The quantitative estimate of drug-likeness (QED) is 0.877. The van der Waals surface area contributed by atoms with E-state index in [-0.39, 0.29) is 30.9 Å². The van der Waals surface area contributed by atoms with Gasteiger partial charge in [-0.2, -0.15) is 0 Å². The highest BCUT2D eigenvalue weighted by Crippen LogP contribution is 2.21. The number of nitrogens with one attached hydrogen (secondary N) is 2. The molecular formula is C20H23N3O2. The molecule has 1 saturated heterocycles. The van der Waals surface area contributed by atoms with Crippen LogP contribution in [0.3, 0.4) is 0 Å². The zero-order chi connectivity index (χ0) is 17.6. The SMILES string of the molecule is CC(NC(=O)CN1CCNC(=O)C1)c1ccc(-c2ccccc2)cc1. The van der Waals surface area contributed by atoms with E-state index in [9.17, 15) is 9.59 Å². The maximum Gasteiger partial charge on any atom is 0.234 e. The van der Waals surface area contributed by atoms with Gasteiger partial charge in [-0.15, -0.1) is 0 Å². The Morgan fingerprint density at radius 1 is 1.12 bits per heavy atom. The molecule has 5 nitrogen and oxygen atoms in total. The molecule has 5 heteroatoms. The first-order valence-electron chi connectivity index (χ1n) is 8.55. The third-order valence-corrected chi connectivity index (χ3v) is 4.38. The van der Waals surface area contributed by atoms with Gasteiger partial charge in [0.1, 0.15) is 0 Å². The van der Waals surface area contributed by atoms with Crippen LogP contribution in [0.1, 0.15) is 18.5 Å². The molecule has 1 fully saturated rings. The zero-order valence-electron chi connectivity index (χ0n) is 14.4. The molecule has 25 heavy (non-hydrogen) atoms. The zero-order valence-corrected chi connectivity index (χ0v) is 14.4. The van der Waals surface area contributed by atoms with E-state index in [4.69, 9.17) is 0 Å².